The summed E-state index contributed by atoms with van der Waals surface area (Å²) in [5, 5.41) is 18.4. The Morgan fingerprint density at radius 2 is 1.51 bits per heavy atom. The van der Waals surface area contributed by atoms with Crippen LogP contribution in [0.5, 0.6) is 0 Å². The first-order valence-electron chi connectivity index (χ1n) is 13.2. The van der Waals surface area contributed by atoms with Crippen molar-refractivity contribution in [3.8, 4) is 0 Å². The number of rotatable bonds is 7. The third-order valence-electron chi connectivity index (χ3n) is 7.21. The second kappa shape index (κ2) is 12.8. The summed E-state index contributed by atoms with van der Waals surface area (Å²) >= 11 is 6.05. The van der Waals surface area contributed by atoms with Crippen LogP contribution in [0.25, 0.3) is 0 Å². The molecule has 11 heteroatoms. The third kappa shape index (κ3) is 7.41. The van der Waals surface area contributed by atoms with E-state index in [4.69, 9.17) is 11.6 Å². The zero-order valence-electron chi connectivity index (χ0n) is 21.9. The molecular weight excluding hydrogens is 522 g/mol. The van der Waals surface area contributed by atoms with Gasteiger partial charge >= 0.3 is 18.0 Å². The van der Waals surface area contributed by atoms with Crippen molar-refractivity contribution in [3.63, 3.8) is 0 Å². The number of carbonyl (C=O) groups is 4. The summed E-state index contributed by atoms with van der Waals surface area (Å²) in [5.41, 5.74) is 1.96. The van der Waals surface area contributed by atoms with E-state index in [0.29, 0.717) is 16.4 Å². The van der Waals surface area contributed by atoms with Crippen LogP contribution >= 0.6 is 11.6 Å². The molecule has 2 atom stereocenters. The van der Waals surface area contributed by atoms with Crippen molar-refractivity contribution in [2.45, 2.75) is 57.7 Å². The number of carboxylic acid groups (broad SMARTS) is 1. The second-order valence-electron chi connectivity index (χ2n) is 10.1. The Morgan fingerprint density at radius 3 is 2.08 bits per heavy atom. The Morgan fingerprint density at radius 1 is 0.923 bits per heavy atom. The number of urea groups is 2. The highest BCUT2D eigenvalue weighted by atomic mass is 35.5. The summed E-state index contributed by atoms with van der Waals surface area (Å²) < 4.78 is 0. The SMILES string of the molecule is Cc1cccc(NC(=O)N2CCN(C(=O)Nc3cccc(Cl)c3)C2C(=O)NC(CC(=O)O)C2CCCCC2)c1. The number of nitrogens with one attached hydrogen (secondary N) is 3. The Labute approximate surface area is 232 Å². The van der Waals surface area contributed by atoms with Gasteiger partial charge in [0.15, 0.2) is 6.17 Å². The van der Waals surface area contributed by atoms with Crippen LogP contribution in [0.2, 0.25) is 5.02 Å². The molecule has 1 aliphatic heterocycles. The number of hydrogen-bond donors (Lipinski definition) is 4. The summed E-state index contributed by atoms with van der Waals surface area (Å²) in [6, 6.07) is 12.2. The summed E-state index contributed by atoms with van der Waals surface area (Å²) in [5.74, 6) is -1.59. The Balaban J connectivity index is 1.57. The van der Waals surface area contributed by atoms with Crippen LogP contribution in [-0.2, 0) is 9.59 Å². The van der Waals surface area contributed by atoms with Crippen molar-refractivity contribution in [2.75, 3.05) is 23.7 Å². The molecule has 0 spiro atoms. The van der Waals surface area contributed by atoms with Gasteiger partial charge in [0.2, 0.25) is 0 Å². The maximum Gasteiger partial charge on any atom is 0.323 e. The van der Waals surface area contributed by atoms with Crippen LogP contribution in [0, 0.1) is 12.8 Å². The molecule has 1 saturated heterocycles. The van der Waals surface area contributed by atoms with Crippen LogP contribution in [0.1, 0.15) is 44.1 Å². The maximum atomic E-state index is 13.8. The van der Waals surface area contributed by atoms with Crippen LogP contribution < -0.4 is 16.0 Å². The predicted octanol–water partition coefficient (Wildman–Crippen LogP) is 4.90. The highest BCUT2D eigenvalue weighted by molar-refractivity contribution is 6.30. The third-order valence-corrected chi connectivity index (χ3v) is 7.45. The number of amides is 5. The molecule has 2 fully saturated rings. The molecule has 1 heterocycles. The molecule has 1 saturated carbocycles. The van der Waals surface area contributed by atoms with E-state index in [2.05, 4.69) is 16.0 Å². The fourth-order valence-electron chi connectivity index (χ4n) is 5.33. The van der Waals surface area contributed by atoms with Gasteiger partial charge in [0, 0.05) is 35.5 Å². The molecule has 39 heavy (non-hydrogen) atoms. The van der Waals surface area contributed by atoms with E-state index in [1.807, 2.05) is 19.1 Å². The lowest BCUT2D eigenvalue weighted by Crippen LogP contribution is -2.58. The van der Waals surface area contributed by atoms with Crippen LogP contribution in [-0.4, -0.2) is 64.1 Å². The Hall–Kier alpha value is -3.79. The number of anilines is 2. The normalized spacial score (nSPS) is 18.4. The van der Waals surface area contributed by atoms with Gasteiger partial charge < -0.3 is 21.1 Å². The molecule has 1 aliphatic carbocycles. The van der Waals surface area contributed by atoms with E-state index in [0.717, 1.165) is 37.7 Å². The topological polar surface area (TPSA) is 131 Å². The van der Waals surface area contributed by atoms with Gasteiger partial charge in [0.25, 0.3) is 5.91 Å². The highest BCUT2D eigenvalue weighted by Gasteiger charge is 2.44. The Bertz CT molecular complexity index is 1150. The van der Waals surface area contributed by atoms with Gasteiger partial charge in [-0.3, -0.25) is 19.4 Å². The molecule has 5 amide bonds. The van der Waals surface area contributed by atoms with Crippen molar-refractivity contribution < 1.29 is 24.3 Å². The molecule has 0 aromatic heterocycles. The van der Waals surface area contributed by atoms with Crippen LogP contribution in [0.4, 0.5) is 21.0 Å². The standard InChI is InChI=1S/C28H34ClN5O5/c1-18-7-5-11-21(15-18)30-27(38)33-13-14-34(28(39)31-22-12-6-10-20(29)16-22)26(33)25(37)32-23(17-24(35)36)19-8-3-2-4-9-19/h5-7,10-12,15-16,19,23,26H,2-4,8-9,13-14,17H2,1H3,(H,30,38)(H,31,39)(H,32,37)(H,35,36). The van der Waals surface area contributed by atoms with Gasteiger partial charge in [-0.05, 0) is 61.6 Å². The van der Waals surface area contributed by atoms with E-state index < -0.39 is 36.1 Å². The van der Waals surface area contributed by atoms with Crippen molar-refractivity contribution in [1.82, 2.24) is 15.1 Å². The van der Waals surface area contributed by atoms with Crippen molar-refractivity contribution in [1.29, 1.82) is 0 Å². The van der Waals surface area contributed by atoms with E-state index in [1.54, 1.807) is 36.4 Å². The molecule has 0 radical (unpaired) electrons. The first-order valence-corrected chi connectivity index (χ1v) is 13.6. The van der Waals surface area contributed by atoms with Crippen molar-refractivity contribution in [2.24, 2.45) is 5.92 Å². The lowest BCUT2D eigenvalue weighted by Gasteiger charge is -2.34. The molecule has 4 N–H and O–H groups in total. The minimum atomic E-state index is -1.27. The lowest BCUT2D eigenvalue weighted by atomic mass is 9.82. The number of halogens is 1. The number of carboxylic acids is 1. The minimum Gasteiger partial charge on any atom is -0.481 e. The van der Waals surface area contributed by atoms with Crippen LogP contribution in [0.15, 0.2) is 48.5 Å². The molecule has 2 aromatic carbocycles. The number of benzene rings is 2. The smallest absolute Gasteiger partial charge is 0.323 e. The molecule has 2 aliphatic rings. The fraction of sp³-hybridized carbons (Fsp3) is 0.429. The van der Waals surface area contributed by atoms with Gasteiger partial charge in [-0.15, -0.1) is 0 Å². The number of aryl methyl sites for hydroxylation is 1. The fourth-order valence-corrected chi connectivity index (χ4v) is 5.52. The summed E-state index contributed by atoms with van der Waals surface area (Å²) in [4.78, 5) is 54.6. The van der Waals surface area contributed by atoms with Gasteiger partial charge in [-0.2, -0.15) is 0 Å². The summed E-state index contributed by atoms with van der Waals surface area (Å²) in [7, 11) is 0. The quantitative estimate of drug-likeness (QED) is 0.386. The first-order chi connectivity index (χ1) is 18.7. The van der Waals surface area contributed by atoms with Gasteiger partial charge in [0.1, 0.15) is 0 Å². The van der Waals surface area contributed by atoms with Crippen LogP contribution in [0.3, 0.4) is 0 Å². The molecule has 0 bridgehead atoms. The highest BCUT2D eigenvalue weighted by Crippen LogP contribution is 2.29. The minimum absolute atomic E-state index is 0.0171. The zero-order valence-corrected chi connectivity index (χ0v) is 22.6. The molecular formula is C28H34ClN5O5. The number of hydrogen-bond acceptors (Lipinski definition) is 4. The predicted molar refractivity (Wildman–Crippen MR) is 149 cm³/mol. The van der Waals surface area contributed by atoms with Crippen molar-refractivity contribution >= 4 is 46.9 Å². The summed E-state index contributed by atoms with van der Waals surface area (Å²) in [6.07, 6.45) is 3.16. The van der Waals surface area contributed by atoms with E-state index in [1.165, 1.54) is 9.80 Å². The van der Waals surface area contributed by atoms with E-state index in [9.17, 15) is 24.3 Å². The number of aliphatic carboxylic acids is 1. The maximum absolute atomic E-state index is 13.8. The first kappa shape index (κ1) is 28.2. The molecule has 10 nitrogen and oxygen atoms in total. The Kier molecular flexibility index (Phi) is 9.29. The largest absolute Gasteiger partial charge is 0.481 e. The van der Waals surface area contributed by atoms with Crippen molar-refractivity contribution in [3.05, 3.63) is 59.1 Å². The number of carbonyl (C=O) groups excluding carboxylic acids is 3. The number of nitrogens with zero attached hydrogens (tertiary/aromatic N) is 2. The molecule has 2 aromatic rings. The van der Waals surface area contributed by atoms with Gasteiger partial charge in [-0.1, -0.05) is 49.1 Å². The monoisotopic (exact) mass is 555 g/mol. The van der Waals surface area contributed by atoms with Gasteiger partial charge in [-0.25, -0.2) is 9.59 Å². The molecule has 4 rings (SSSR count). The van der Waals surface area contributed by atoms with E-state index in [-0.39, 0.29) is 25.4 Å². The zero-order chi connectivity index (χ0) is 27.9. The van der Waals surface area contributed by atoms with E-state index >= 15 is 0 Å². The average Bonchev–Trinajstić information content (AvgIpc) is 3.34. The molecule has 208 valence electrons. The summed E-state index contributed by atoms with van der Waals surface area (Å²) in [6.45, 7) is 2.13. The molecule has 2 unspecified atom stereocenters. The lowest BCUT2D eigenvalue weighted by molar-refractivity contribution is -0.138. The second-order valence-corrected chi connectivity index (χ2v) is 10.5. The average molecular weight is 556 g/mol. The van der Waals surface area contributed by atoms with Gasteiger partial charge in [0.05, 0.1) is 6.42 Å².